The zero-order valence-corrected chi connectivity index (χ0v) is 7.50. The first-order valence-electron chi connectivity index (χ1n) is 4.62. The highest BCUT2D eigenvalue weighted by molar-refractivity contribution is 5.16. The van der Waals surface area contributed by atoms with E-state index in [0.717, 1.165) is 13.0 Å². The molecular formula is C9H14O3. The van der Waals surface area contributed by atoms with Crippen LogP contribution in [0.3, 0.4) is 0 Å². The molecule has 0 unspecified atom stereocenters. The van der Waals surface area contributed by atoms with E-state index in [9.17, 15) is 0 Å². The molecule has 0 saturated carbocycles. The molecule has 0 aromatic carbocycles. The van der Waals surface area contributed by atoms with Crippen LogP contribution in [0.5, 0.6) is 0 Å². The average molecular weight is 170 g/mol. The van der Waals surface area contributed by atoms with Crippen molar-refractivity contribution in [3.8, 4) is 0 Å². The Balaban J connectivity index is 1.91. The van der Waals surface area contributed by atoms with Crippen molar-refractivity contribution in [1.82, 2.24) is 0 Å². The van der Waals surface area contributed by atoms with Gasteiger partial charge in [0.05, 0.1) is 13.2 Å². The zero-order valence-electron chi connectivity index (χ0n) is 7.50. The second-order valence-corrected chi connectivity index (χ2v) is 4.40. The summed E-state index contributed by atoms with van der Waals surface area (Å²) in [6, 6.07) is 0. The van der Waals surface area contributed by atoms with Crippen LogP contribution in [0.25, 0.3) is 0 Å². The molecule has 0 bridgehead atoms. The standard InChI is InChI=1S/C9H14O3/c1-6-3-9(10-4-6)8(2)7(12-8)5-11-9/h6-7H,3-5H2,1-2H3/t6-,7+,8+,9+/m1/s1. The Morgan fingerprint density at radius 1 is 1.25 bits per heavy atom. The highest BCUT2D eigenvalue weighted by Crippen LogP contribution is 2.57. The zero-order chi connectivity index (χ0) is 8.40. The van der Waals surface area contributed by atoms with Crippen LogP contribution in [-0.2, 0) is 14.2 Å². The molecule has 3 heterocycles. The predicted octanol–water partition coefficient (Wildman–Crippen LogP) is 0.927. The van der Waals surface area contributed by atoms with Crippen molar-refractivity contribution in [2.24, 2.45) is 5.92 Å². The highest BCUT2D eigenvalue weighted by atomic mass is 16.8. The normalized spacial score (nSPS) is 62.5. The summed E-state index contributed by atoms with van der Waals surface area (Å²) in [5.41, 5.74) is -0.127. The Morgan fingerprint density at radius 3 is 2.42 bits per heavy atom. The van der Waals surface area contributed by atoms with E-state index in [0.29, 0.717) is 18.6 Å². The lowest BCUT2D eigenvalue weighted by Crippen LogP contribution is -2.42. The molecule has 0 aromatic heterocycles. The molecule has 0 aliphatic carbocycles. The minimum absolute atomic E-state index is 0.127. The van der Waals surface area contributed by atoms with Gasteiger partial charge in [0.15, 0.2) is 5.79 Å². The molecular weight excluding hydrogens is 156 g/mol. The van der Waals surface area contributed by atoms with Crippen LogP contribution in [0.4, 0.5) is 0 Å². The highest BCUT2D eigenvalue weighted by Gasteiger charge is 2.74. The van der Waals surface area contributed by atoms with Crippen molar-refractivity contribution < 1.29 is 14.2 Å². The molecule has 0 radical (unpaired) electrons. The number of epoxide rings is 1. The fourth-order valence-corrected chi connectivity index (χ4v) is 2.44. The van der Waals surface area contributed by atoms with Gasteiger partial charge in [-0.15, -0.1) is 0 Å². The van der Waals surface area contributed by atoms with E-state index in [2.05, 4.69) is 13.8 Å². The number of rotatable bonds is 0. The van der Waals surface area contributed by atoms with Gasteiger partial charge in [-0.05, 0) is 12.8 Å². The van der Waals surface area contributed by atoms with Gasteiger partial charge in [0.1, 0.15) is 11.7 Å². The molecule has 3 aliphatic rings. The Labute approximate surface area is 72.0 Å². The molecule has 12 heavy (non-hydrogen) atoms. The monoisotopic (exact) mass is 170 g/mol. The van der Waals surface area contributed by atoms with Crippen LogP contribution in [0, 0.1) is 5.92 Å². The number of hydrogen-bond donors (Lipinski definition) is 0. The second-order valence-electron chi connectivity index (χ2n) is 4.40. The third-order valence-corrected chi connectivity index (χ3v) is 3.39. The van der Waals surface area contributed by atoms with Gasteiger partial charge in [-0.2, -0.15) is 0 Å². The molecule has 3 heteroatoms. The molecule has 3 fully saturated rings. The van der Waals surface area contributed by atoms with E-state index in [1.807, 2.05) is 0 Å². The minimum Gasteiger partial charge on any atom is -0.358 e. The number of hydrogen-bond acceptors (Lipinski definition) is 3. The van der Waals surface area contributed by atoms with Crippen LogP contribution < -0.4 is 0 Å². The number of fused-ring (bicyclic) bond motifs is 2. The largest absolute Gasteiger partial charge is 0.358 e. The molecule has 0 N–H and O–H groups in total. The topological polar surface area (TPSA) is 31.0 Å². The summed E-state index contributed by atoms with van der Waals surface area (Å²) in [5.74, 6) is 0.210. The molecule has 0 amide bonds. The van der Waals surface area contributed by atoms with Crippen molar-refractivity contribution in [1.29, 1.82) is 0 Å². The van der Waals surface area contributed by atoms with Gasteiger partial charge in [-0.1, -0.05) is 6.92 Å². The first-order valence-corrected chi connectivity index (χ1v) is 4.62. The van der Waals surface area contributed by atoms with E-state index in [1.54, 1.807) is 0 Å². The average Bonchev–Trinajstić information content (AvgIpc) is 2.43. The third kappa shape index (κ3) is 0.640. The van der Waals surface area contributed by atoms with Crippen LogP contribution in [0.2, 0.25) is 0 Å². The summed E-state index contributed by atoms with van der Waals surface area (Å²) in [6.07, 6.45) is 1.28. The third-order valence-electron chi connectivity index (χ3n) is 3.39. The van der Waals surface area contributed by atoms with Gasteiger partial charge >= 0.3 is 0 Å². The van der Waals surface area contributed by atoms with E-state index < -0.39 is 5.79 Å². The van der Waals surface area contributed by atoms with E-state index in [1.165, 1.54) is 0 Å². The van der Waals surface area contributed by atoms with Crippen LogP contribution in [-0.4, -0.2) is 30.7 Å². The molecule has 4 atom stereocenters. The Bertz CT molecular complexity index is 228. The van der Waals surface area contributed by atoms with E-state index in [4.69, 9.17) is 14.2 Å². The van der Waals surface area contributed by atoms with Gasteiger partial charge in [-0.25, -0.2) is 0 Å². The van der Waals surface area contributed by atoms with Crippen molar-refractivity contribution >= 4 is 0 Å². The summed E-state index contributed by atoms with van der Waals surface area (Å²) in [4.78, 5) is 0. The van der Waals surface area contributed by atoms with Crippen molar-refractivity contribution in [3.05, 3.63) is 0 Å². The SMILES string of the molecule is C[C@H]1CO[C@@]2(C1)OC[C@@H]1O[C@@]12C. The first-order chi connectivity index (χ1) is 5.66. The summed E-state index contributed by atoms with van der Waals surface area (Å²) < 4.78 is 17.0. The molecule has 1 spiro atoms. The Kier molecular flexibility index (Phi) is 1.13. The summed E-state index contributed by atoms with van der Waals surface area (Å²) in [5, 5.41) is 0. The van der Waals surface area contributed by atoms with E-state index in [-0.39, 0.29) is 5.60 Å². The van der Waals surface area contributed by atoms with E-state index >= 15 is 0 Å². The minimum atomic E-state index is -0.392. The molecule has 0 aromatic rings. The number of ether oxygens (including phenoxy) is 3. The van der Waals surface area contributed by atoms with Crippen LogP contribution >= 0.6 is 0 Å². The van der Waals surface area contributed by atoms with Gasteiger partial charge < -0.3 is 14.2 Å². The smallest absolute Gasteiger partial charge is 0.200 e. The Morgan fingerprint density at radius 2 is 2.00 bits per heavy atom. The maximum Gasteiger partial charge on any atom is 0.200 e. The van der Waals surface area contributed by atoms with Crippen LogP contribution in [0.1, 0.15) is 20.3 Å². The first kappa shape index (κ1) is 7.30. The molecule has 68 valence electrons. The predicted molar refractivity (Wildman–Crippen MR) is 41.7 cm³/mol. The van der Waals surface area contributed by atoms with Crippen LogP contribution in [0.15, 0.2) is 0 Å². The van der Waals surface area contributed by atoms with Gasteiger partial charge in [-0.3, -0.25) is 0 Å². The van der Waals surface area contributed by atoms with Crippen molar-refractivity contribution in [3.63, 3.8) is 0 Å². The van der Waals surface area contributed by atoms with Gasteiger partial charge in [0.25, 0.3) is 0 Å². The molecule has 3 aliphatic heterocycles. The second kappa shape index (κ2) is 1.86. The van der Waals surface area contributed by atoms with Crippen molar-refractivity contribution in [2.45, 2.75) is 37.8 Å². The fraction of sp³-hybridized carbons (Fsp3) is 1.00. The maximum atomic E-state index is 5.72. The summed E-state index contributed by atoms with van der Waals surface area (Å²) >= 11 is 0. The molecule has 3 rings (SSSR count). The van der Waals surface area contributed by atoms with Gasteiger partial charge in [0.2, 0.25) is 0 Å². The summed E-state index contributed by atoms with van der Waals surface area (Å²) in [7, 11) is 0. The quantitative estimate of drug-likeness (QED) is 0.507. The Hall–Kier alpha value is -0.120. The molecule has 3 saturated heterocycles. The lowest BCUT2D eigenvalue weighted by atomic mass is 9.94. The van der Waals surface area contributed by atoms with Gasteiger partial charge in [0, 0.05) is 6.42 Å². The fourth-order valence-electron chi connectivity index (χ4n) is 2.44. The maximum absolute atomic E-state index is 5.72. The van der Waals surface area contributed by atoms with Crippen molar-refractivity contribution in [2.75, 3.05) is 13.2 Å². The molecule has 3 nitrogen and oxygen atoms in total. The lowest BCUT2D eigenvalue weighted by Gasteiger charge is -2.28. The summed E-state index contributed by atoms with van der Waals surface area (Å²) in [6.45, 7) is 5.81. The lowest BCUT2D eigenvalue weighted by molar-refractivity contribution is -0.233.